The molecule has 9 heteroatoms. The van der Waals surface area contributed by atoms with Crippen LogP contribution in [0.1, 0.15) is 55.8 Å². The van der Waals surface area contributed by atoms with Gasteiger partial charge in [-0.25, -0.2) is 0 Å². The maximum Gasteiger partial charge on any atom is 0.303 e. The number of aldehydes is 1. The van der Waals surface area contributed by atoms with E-state index in [0.717, 1.165) is 5.69 Å². The average Bonchev–Trinajstić information content (AvgIpc) is 2.68. The number of rotatable bonds is 16. The second-order valence-electron chi connectivity index (χ2n) is 6.72. The van der Waals surface area contributed by atoms with Gasteiger partial charge in [0.05, 0.1) is 18.8 Å². The van der Waals surface area contributed by atoms with Gasteiger partial charge in [-0.1, -0.05) is 0 Å². The van der Waals surface area contributed by atoms with Crippen molar-refractivity contribution in [1.82, 2.24) is 0 Å². The first-order valence-corrected chi connectivity index (χ1v) is 9.87. The summed E-state index contributed by atoms with van der Waals surface area (Å²) in [6.07, 6.45) is 2.79. The van der Waals surface area contributed by atoms with E-state index in [9.17, 15) is 19.2 Å². The molecule has 30 heavy (non-hydrogen) atoms. The number of esters is 1. The normalized spacial score (nSPS) is 10.3. The van der Waals surface area contributed by atoms with Gasteiger partial charge in [0, 0.05) is 44.6 Å². The summed E-state index contributed by atoms with van der Waals surface area (Å²) in [5.74, 6) is -1.72. The van der Waals surface area contributed by atoms with E-state index in [4.69, 9.17) is 19.7 Å². The summed E-state index contributed by atoms with van der Waals surface area (Å²) < 4.78 is 10.6. The molecule has 0 aromatic heterocycles. The van der Waals surface area contributed by atoms with Crippen molar-refractivity contribution in [1.29, 1.82) is 0 Å². The van der Waals surface area contributed by atoms with E-state index in [1.54, 1.807) is 18.2 Å². The number of carbonyl (C=O) groups excluding carboxylic acids is 2. The van der Waals surface area contributed by atoms with Gasteiger partial charge in [0.15, 0.2) is 6.29 Å². The lowest BCUT2D eigenvalue weighted by Gasteiger charge is -2.25. The van der Waals surface area contributed by atoms with E-state index in [1.807, 2.05) is 4.90 Å². The van der Waals surface area contributed by atoms with E-state index in [1.165, 1.54) is 6.92 Å². The highest BCUT2D eigenvalue weighted by molar-refractivity contribution is 5.81. The maximum absolute atomic E-state index is 11.3. The lowest BCUT2D eigenvalue weighted by molar-refractivity contribution is -0.141. The van der Waals surface area contributed by atoms with Crippen molar-refractivity contribution < 1.29 is 38.9 Å². The van der Waals surface area contributed by atoms with E-state index in [0.29, 0.717) is 69.6 Å². The Balaban J connectivity index is 2.78. The highest BCUT2D eigenvalue weighted by atomic mass is 16.5. The number of hydrogen-bond acceptors (Lipinski definition) is 7. The monoisotopic (exact) mass is 423 g/mol. The number of anilines is 1. The average molecular weight is 423 g/mol. The van der Waals surface area contributed by atoms with Gasteiger partial charge in [0.2, 0.25) is 0 Å². The Morgan fingerprint density at radius 1 is 0.967 bits per heavy atom. The predicted octanol–water partition coefficient (Wildman–Crippen LogP) is 2.76. The van der Waals surface area contributed by atoms with Crippen LogP contribution in [0, 0.1) is 0 Å². The fourth-order valence-corrected chi connectivity index (χ4v) is 2.76. The van der Waals surface area contributed by atoms with Crippen molar-refractivity contribution in [3.05, 3.63) is 23.8 Å². The smallest absolute Gasteiger partial charge is 0.303 e. The molecule has 9 nitrogen and oxygen atoms in total. The third kappa shape index (κ3) is 10.4. The van der Waals surface area contributed by atoms with E-state index in [-0.39, 0.29) is 18.8 Å². The fourth-order valence-electron chi connectivity index (χ4n) is 2.76. The molecule has 0 heterocycles. The van der Waals surface area contributed by atoms with Crippen LogP contribution < -0.4 is 9.64 Å². The van der Waals surface area contributed by atoms with E-state index < -0.39 is 11.9 Å². The lowest BCUT2D eigenvalue weighted by Crippen LogP contribution is -2.26. The van der Waals surface area contributed by atoms with E-state index in [2.05, 4.69) is 0 Å². The van der Waals surface area contributed by atoms with Crippen molar-refractivity contribution in [3.8, 4) is 5.75 Å². The summed E-state index contributed by atoms with van der Waals surface area (Å²) >= 11 is 0. The summed E-state index contributed by atoms with van der Waals surface area (Å²) in [6, 6.07) is 5.06. The molecule has 0 aliphatic rings. The number of aliphatic carboxylic acids is 2. The van der Waals surface area contributed by atoms with Crippen LogP contribution in [-0.4, -0.2) is 60.7 Å². The van der Waals surface area contributed by atoms with Gasteiger partial charge in [0.25, 0.3) is 0 Å². The van der Waals surface area contributed by atoms with Gasteiger partial charge in [-0.3, -0.25) is 19.2 Å². The summed E-state index contributed by atoms with van der Waals surface area (Å²) in [6.45, 7) is 2.86. The van der Waals surface area contributed by atoms with Crippen LogP contribution in [0.4, 0.5) is 5.69 Å². The molecule has 0 saturated carbocycles. The molecule has 0 atom stereocenters. The first kappa shape index (κ1) is 24.9. The standard InChI is InChI=1S/C21H29NO8/c1-16(24)29-12-2-3-13-30-19-14-18(9-8-17(19)15-23)22(10-4-6-20(25)26)11-5-7-21(27)28/h8-9,14-15H,2-7,10-13H2,1H3,(H,25,26)(H,27,28). The van der Waals surface area contributed by atoms with Crippen LogP contribution in [-0.2, 0) is 19.1 Å². The van der Waals surface area contributed by atoms with Crippen molar-refractivity contribution >= 4 is 29.9 Å². The van der Waals surface area contributed by atoms with E-state index >= 15 is 0 Å². The number of carbonyl (C=O) groups is 4. The second-order valence-corrected chi connectivity index (χ2v) is 6.72. The number of unbranched alkanes of at least 4 members (excludes halogenated alkanes) is 1. The molecule has 1 aromatic carbocycles. The highest BCUT2D eigenvalue weighted by Gasteiger charge is 2.12. The molecule has 0 aliphatic heterocycles. The summed E-state index contributed by atoms with van der Waals surface area (Å²) in [5.41, 5.74) is 1.11. The predicted molar refractivity (Wildman–Crippen MR) is 109 cm³/mol. The summed E-state index contributed by atoms with van der Waals surface area (Å²) in [5, 5.41) is 17.7. The molecule has 0 bridgehead atoms. The van der Waals surface area contributed by atoms with Gasteiger partial charge >= 0.3 is 17.9 Å². The maximum atomic E-state index is 11.3. The Morgan fingerprint density at radius 3 is 2.10 bits per heavy atom. The quantitative estimate of drug-likeness (QED) is 0.234. The first-order chi connectivity index (χ1) is 14.3. The molecule has 0 spiro atoms. The minimum Gasteiger partial charge on any atom is -0.493 e. The molecule has 0 amide bonds. The third-order valence-electron chi connectivity index (χ3n) is 4.23. The van der Waals surface area contributed by atoms with Crippen molar-refractivity contribution in [2.75, 3.05) is 31.2 Å². The molecule has 0 radical (unpaired) electrons. The number of carboxylic acid groups (broad SMARTS) is 2. The molecular formula is C21H29NO8. The molecule has 1 rings (SSSR count). The minimum atomic E-state index is -0.894. The van der Waals surface area contributed by atoms with Crippen LogP contribution in [0.3, 0.4) is 0 Å². The Labute approximate surface area is 175 Å². The zero-order chi connectivity index (χ0) is 22.4. The van der Waals surface area contributed by atoms with Crippen LogP contribution in [0.2, 0.25) is 0 Å². The number of ether oxygens (including phenoxy) is 2. The zero-order valence-electron chi connectivity index (χ0n) is 17.2. The molecule has 0 saturated heterocycles. The van der Waals surface area contributed by atoms with Gasteiger partial charge in [-0.05, 0) is 37.8 Å². The Kier molecular flexibility index (Phi) is 11.6. The first-order valence-electron chi connectivity index (χ1n) is 9.87. The number of hydrogen-bond donors (Lipinski definition) is 2. The van der Waals surface area contributed by atoms with Crippen LogP contribution in [0.25, 0.3) is 0 Å². The largest absolute Gasteiger partial charge is 0.493 e. The van der Waals surface area contributed by atoms with Crippen molar-refractivity contribution in [2.24, 2.45) is 0 Å². The SMILES string of the molecule is CC(=O)OCCCCOc1cc(N(CCCC(=O)O)CCCC(=O)O)ccc1C=O. The lowest BCUT2D eigenvalue weighted by atomic mass is 10.1. The Bertz CT molecular complexity index is 699. The highest BCUT2D eigenvalue weighted by Crippen LogP contribution is 2.26. The molecule has 0 unspecified atom stereocenters. The van der Waals surface area contributed by atoms with Crippen LogP contribution >= 0.6 is 0 Å². The summed E-state index contributed by atoms with van der Waals surface area (Å²) in [4.78, 5) is 45.6. The Morgan fingerprint density at radius 2 is 1.57 bits per heavy atom. The second kappa shape index (κ2) is 14.0. The minimum absolute atomic E-state index is 0.00748. The molecule has 0 aliphatic carbocycles. The molecular weight excluding hydrogens is 394 g/mol. The molecule has 1 aromatic rings. The summed E-state index contributed by atoms with van der Waals surface area (Å²) in [7, 11) is 0. The molecule has 0 fully saturated rings. The van der Waals surface area contributed by atoms with Crippen molar-refractivity contribution in [2.45, 2.75) is 45.4 Å². The van der Waals surface area contributed by atoms with Crippen molar-refractivity contribution in [3.63, 3.8) is 0 Å². The van der Waals surface area contributed by atoms with Gasteiger partial charge in [0.1, 0.15) is 5.75 Å². The topological polar surface area (TPSA) is 130 Å². The molecule has 166 valence electrons. The van der Waals surface area contributed by atoms with Gasteiger partial charge in [-0.15, -0.1) is 0 Å². The zero-order valence-corrected chi connectivity index (χ0v) is 17.2. The van der Waals surface area contributed by atoms with Crippen LogP contribution in [0.5, 0.6) is 5.75 Å². The number of benzene rings is 1. The Hall–Kier alpha value is -3.10. The van der Waals surface area contributed by atoms with Crippen LogP contribution in [0.15, 0.2) is 18.2 Å². The fraction of sp³-hybridized carbons (Fsp3) is 0.524. The number of carboxylic acids is 2. The van der Waals surface area contributed by atoms with Gasteiger partial charge in [-0.2, -0.15) is 0 Å². The number of nitrogens with zero attached hydrogens (tertiary/aromatic N) is 1. The van der Waals surface area contributed by atoms with Gasteiger partial charge < -0.3 is 24.6 Å². The third-order valence-corrected chi connectivity index (χ3v) is 4.23. The molecule has 2 N–H and O–H groups in total.